The zero-order chi connectivity index (χ0) is 19.5. The summed E-state index contributed by atoms with van der Waals surface area (Å²) in [6.45, 7) is 0. The van der Waals surface area contributed by atoms with Gasteiger partial charge in [0.2, 0.25) is 0 Å². The third kappa shape index (κ3) is 3.84. The van der Waals surface area contributed by atoms with Crippen LogP contribution in [0.3, 0.4) is 0 Å². The molecule has 3 heterocycles. The molecular formula is C22H15Br2N3O. The lowest BCUT2D eigenvalue weighted by Gasteiger charge is -2.12. The van der Waals surface area contributed by atoms with E-state index in [-0.39, 0.29) is 0 Å². The Morgan fingerprint density at radius 2 is 1.18 bits per heavy atom. The minimum atomic E-state index is 0.757. The van der Waals surface area contributed by atoms with E-state index in [1.54, 1.807) is 19.5 Å². The van der Waals surface area contributed by atoms with E-state index in [0.717, 1.165) is 48.6 Å². The van der Waals surface area contributed by atoms with Gasteiger partial charge in [0.05, 0.1) is 38.8 Å². The molecule has 0 bridgehead atoms. The predicted molar refractivity (Wildman–Crippen MR) is 118 cm³/mol. The van der Waals surface area contributed by atoms with Crippen molar-refractivity contribution in [3.63, 3.8) is 0 Å². The number of aromatic nitrogens is 3. The Kier molecular flexibility index (Phi) is 5.50. The van der Waals surface area contributed by atoms with Crippen molar-refractivity contribution in [2.75, 3.05) is 7.11 Å². The summed E-state index contributed by atoms with van der Waals surface area (Å²) in [6, 6.07) is 19.7. The lowest BCUT2D eigenvalue weighted by molar-refractivity contribution is 0.409. The van der Waals surface area contributed by atoms with Crippen molar-refractivity contribution in [2.24, 2.45) is 0 Å². The number of halogens is 2. The molecule has 0 saturated carbocycles. The fourth-order valence-electron chi connectivity index (χ4n) is 2.91. The van der Waals surface area contributed by atoms with Crippen LogP contribution in [0.4, 0.5) is 0 Å². The second kappa shape index (κ2) is 8.20. The third-order valence-electron chi connectivity index (χ3n) is 4.22. The van der Waals surface area contributed by atoms with Crippen molar-refractivity contribution in [2.45, 2.75) is 0 Å². The molecule has 4 rings (SSSR count). The fraction of sp³-hybridized carbons (Fsp3) is 0.0455. The van der Waals surface area contributed by atoms with E-state index in [0.29, 0.717) is 0 Å². The van der Waals surface area contributed by atoms with Crippen LogP contribution in [-0.2, 0) is 0 Å². The van der Waals surface area contributed by atoms with Crippen LogP contribution in [0.2, 0.25) is 0 Å². The molecule has 28 heavy (non-hydrogen) atoms. The number of benzene rings is 1. The number of pyridine rings is 3. The fourth-order valence-corrected chi connectivity index (χ4v) is 4.42. The van der Waals surface area contributed by atoms with Crippen molar-refractivity contribution in [3.05, 3.63) is 82.0 Å². The average Bonchev–Trinajstić information content (AvgIpc) is 2.74. The lowest BCUT2D eigenvalue weighted by atomic mass is 10.0. The molecular weight excluding hydrogens is 482 g/mol. The zero-order valence-electron chi connectivity index (χ0n) is 14.9. The van der Waals surface area contributed by atoms with Crippen LogP contribution in [0.1, 0.15) is 0 Å². The van der Waals surface area contributed by atoms with Crippen LogP contribution in [0, 0.1) is 0 Å². The monoisotopic (exact) mass is 495 g/mol. The Hall–Kier alpha value is -2.57. The molecule has 138 valence electrons. The molecule has 0 N–H and O–H groups in total. The Morgan fingerprint density at radius 3 is 1.61 bits per heavy atom. The van der Waals surface area contributed by atoms with Gasteiger partial charge in [0, 0.05) is 12.4 Å². The highest BCUT2D eigenvalue weighted by Gasteiger charge is 2.13. The Morgan fingerprint density at radius 1 is 0.679 bits per heavy atom. The highest BCUT2D eigenvalue weighted by Crippen LogP contribution is 2.39. The maximum Gasteiger partial charge on any atom is 0.147 e. The van der Waals surface area contributed by atoms with Gasteiger partial charge in [0.25, 0.3) is 0 Å². The van der Waals surface area contributed by atoms with Gasteiger partial charge in [-0.05, 0) is 91.5 Å². The first kappa shape index (κ1) is 18.8. The molecule has 0 amide bonds. The SMILES string of the molecule is COc1c(Br)cc(-c2cc(-c3ccccn3)nc(-c3ccccn3)c2)cc1Br. The summed E-state index contributed by atoms with van der Waals surface area (Å²) in [5.74, 6) is 0.757. The molecule has 1 aromatic carbocycles. The van der Waals surface area contributed by atoms with Crippen molar-refractivity contribution in [1.82, 2.24) is 15.0 Å². The predicted octanol–water partition coefficient (Wildman–Crippen LogP) is 6.41. The molecule has 0 aliphatic carbocycles. The molecule has 0 aliphatic rings. The van der Waals surface area contributed by atoms with Gasteiger partial charge in [0.1, 0.15) is 5.75 Å². The number of ether oxygens (including phenoxy) is 1. The molecule has 0 fully saturated rings. The van der Waals surface area contributed by atoms with Crippen molar-refractivity contribution in [3.8, 4) is 39.7 Å². The summed E-state index contributed by atoms with van der Waals surface area (Å²) in [5.41, 5.74) is 5.25. The van der Waals surface area contributed by atoms with Crippen LogP contribution in [0.15, 0.2) is 82.0 Å². The number of nitrogens with zero attached hydrogens (tertiary/aromatic N) is 3. The minimum Gasteiger partial charge on any atom is -0.494 e. The first-order valence-electron chi connectivity index (χ1n) is 8.54. The molecule has 0 atom stereocenters. The van der Waals surface area contributed by atoms with Crippen LogP contribution in [-0.4, -0.2) is 22.1 Å². The van der Waals surface area contributed by atoms with Crippen LogP contribution in [0.25, 0.3) is 33.9 Å². The Balaban J connectivity index is 1.92. The average molecular weight is 497 g/mol. The van der Waals surface area contributed by atoms with Gasteiger partial charge in [-0.25, -0.2) is 4.98 Å². The third-order valence-corrected chi connectivity index (χ3v) is 5.39. The summed E-state index contributed by atoms with van der Waals surface area (Å²) in [5, 5.41) is 0. The lowest BCUT2D eigenvalue weighted by Crippen LogP contribution is -1.94. The standard InChI is InChI=1S/C22H15Br2N3O/c1-28-22-16(23)10-14(11-17(22)24)15-12-20(18-6-2-4-8-25-18)27-21(13-15)19-7-3-5-9-26-19/h2-13H,1H3. The molecule has 3 aromatic heterocycles. The van der Waals surface area contributed by atoms with E-state index in [4.69, 9.17) is 9.72 Å². The number of methoxy groups -OCH3 is 1. The smallest absolute Gasteiger partial charge is 0.147 e. The first-order chi connectivity index (χ1) is 13.7. The summed E-state index contributed by atoms with van der Waals surface area (Å²) in [7, 11) is 1.65. The van der Waals surface area contributed by atoms with Crippen LogP contribution >= 0.6 is 31.9 Å². The van der Waals surface area contributed by atoms with Gasteiger partial charge in [-0.15, -0.1) is 0 Å². The number of hydrogen-bond acceptors (Lipinski definition) is 4. The molecule has 0 radical (unpaired) electrons. The topological polar surface area (TPSA) is 47.9 Å². The maximum absolute atomic E-state index is 5.43. The number of hydrogen-bond donors (Lipinski definition) is 0. The quantitative estimate of drug-likeness (QED) is 0.327. The summed E-state index contributed by atoms with van der Waals surface area (Å²) in [6.07, 6.45) is 3.54. The van der Waals surface area contributed by atoms with Gasteiger partial charge in [-0.2, -0.15) is 0 Å². The van der Waals surface area contributed by atoms with Crippen molar-refractivity contribution < 1.29 is 4.74 Å². The van der Waals surface area contributed by atoms with Crippen LogP contribution < -0.4 is 4.74 Å². The molecule has 4 aromatic rings. The van der Waals surface area contributed by atoms with Gasteiger partial charge in [-0.1, -0.05) is 12.1 Å². The second-order valence-electron chi connectivity index (χ2n) is 6.03. The Bertz CT molecular complexity index is 1040. The van der Waals surface area contributed by atoms with E-state index in [9.17, 15) is 0 Å². The molecule has 0 spiro atoms. The van der Waals surface area contributed by atoms with Gasteiger partial charge >= 0.3 is 0 Å². The zero-order valence-corrected chi connectivity index (χ0v) is 18.1. The summed E-state index contributed by atoms with van der Waals surface area (Å²) < 4.78 is 7.17. The number of rotatable bonds is 4. The van der Waals surface area contributed by atoms with E-state index in [1.165, 1.54) is 0 Å². The Labute approximate surface area is 179 Å². The normalized spacial score (nSPS) is 10.7. The van der Waals surface area contributed by atoms with E-state index >= 15 is 0 Å². The molecule has 6 heteroatoms. The van der Waals surface area contributed by atoms with Crippen LogP contribution in [0.5, 0.6) is 5.75 Å². The highest BCUT2D eigenvalue weighted by atomic mass is 79.9. The highest BCUT2D eigenvalue weighted by molar-refractivity contribution is 9.11. The second-order valence-corrected chi connectivity index (χ2v) is 7.74. The summed E-state index contributed by atoms with van der Waals surface area (Å²) >= 11 is 7.17. The van der Waals surface area contributed by atoms with Gasteiger partial charge < -0.3 is 4.74 Å². The van der Waals surface area contributed by atoms with Gasteiger partial charge in [0.15, 0.2) is 0 Å². The molecule has 0 aliphatic heterocycles. The first-order valence-corrected chi connectivity index (χ1v) is 10.1. The molecule has 0 unspecified atom stereocenters. The molecule has 4 nitrogen and oxygen atoms in total. The van der Waals surface area contributed by atoms with Crippen molar-refractivity contribution >= 4 is 31.9 Å². The maximum atomic E-state index is 5.43. The van der Waals surface area contributed by atoms with Gasteiger partial charge in [-0.3, -0.25) is 9.97 Å². The van der Waals surface area contributed by atoms with E-state index < -0.39 is 0 Å². The summed E-state index contributed by atoms with van der Waals surface area (Å²) in [4.78, 5) is 13.7. The van der Waals surface area contributed by atoms with E-state index in [1.807, 2.05) is 60.7 Å². The molecule has 0 saturated heterocycles. The van der Waals surface area contributed by atoms with E-state index in [2.05, 4.69) is 41.8 Å². The largest absolute Gasteiger partial charge is 0.494 e. The van der Waals surface area contributed by atoms with Crippen molar-refractivity contribution in [1.29, 1.82) is 0 Å². The minimum absolute atomic E-state index is 0.757.